The SMILES string of the molecule is NC(=O)C1(CNC(=O)c2ccc(Cn3cccn3)o2)CCOCC1. The molecule has 3 rings (SSSR count). The monoisotopic (exact) mass is 332 g/mol. The van der Waals surface area contributed by atoms with E-state index in [2.05, 4.69) is 10.4 Å². The van der Waals surface area contributed by atoms with Crippen LogP contribution >= 0.6 is 0 Å². The Hall–Kier alpha value is -2.61. The lowest BCUT2D eigenvalue weighted by atomic mass is 9.79. The van der Waals surface area contributed by atoms with Gasteiger partial charge in [0.05, 0.1) is 12.0 Å². The average molecular weight is 332 g/mol. The minimum Gasteiger partial charge on any atom is -0.454 e. The molecule has 0 unspecified atom stereocenters. The van der Waals surface area contributed by atoms with Crippen molar-refractivity contribution in [3.05, 3.63) is 42.1 Å². The van der Waals surface area contributed by atoms with Crippen molar-refractivity contribution in [1.29, 1.82) is 0 Å². The maximum atomic E-state index is 12.3. The number of carbonyl (C=O) groups is 2. The quantitative estimate of drug-likeness (QED) is 0.801. The maximum Gasteiger partial charge on any atom is 0.287 e. The van der Waals surface area contributed by atoms with Crippen LogP contribution in [0.25, 0.3) is 0 Å². The summed E-state index contributed by atoms with van der Waals surface area (Å²) < 4.78 is 12.5. The van der Waals surface area contributed by atoms with Crippen LogP contribution in [0.1, 0.15) is 29.2 Å². The fraction of sp³-hybridized carbons (Fsp3) is 0.438. The average Bonchev–Trinajstić information content (AvgIpc) is 3.26. The van der Waals surface area contributed by atoms with Crippen LogP contribution in [0.4, 0.5) is 0 Å². The van der Waals surface area contributed by atoms with Gasteiger partial charge < -0.3 is 20.2 Å². The molecular formula is C16H20N4O4. The Balaban J connectivity index is 1.60. The van der Waals surface area contributed by atoms with Crippen LogP contribution in [-0.2, 0) is 16.1 Å². The molecule has 8 nitrogen and oxygen atoms in total. The number of aromatic nitrogens is 2. The van der Waals surface area contributed by atoms with Gasteiger partial charge in [-0.25, -0.2) is 0 Å². The number of rotatable bonds is 6. The molecule has 0 aromatic carbocycles. The van der Waals surface area contributed by atoms with Gasteiger partial charge in [-0.15, -0.1) is 0 Å². The molecule has 2 aromatic rings. The second-order valence-corrected chi connectivity index (χ2v) is 5.91. The van der Waals surface area contributed by atoms with Gasteiger partial charge in [0, 0.05) is 32.2 Å². The van der Waals surface area contributed by atoms with Crippen molar-refractivity contribution in [3.8, 4) is 0 Å². The zero-order valence-corrected chi connectivity index (χ0v) is 13.2. The molecule has 0 atom stereocenters. The summed E-state index contributed by atoms with van der Waals surface area (Å²) in [6, 6.07) is 5.15. The van der Waals surface area contributed by atoms with Crippen molar-refractivity contribution >= 4 is 11.8 Å². The van der Waals surface area contributed by atoms with Crippen LogP contribution in [0.5, 0.6) is 0 Å². The Kier molecular flexibility index (Phi) is 4.66. The van der Waals surface area contributed by atoms with Crippen molar-refractivity contribution in [2.24, 2.45) is 11.1 Å². The molecule has 3 N–H and O–H groups in total. The fourth-order valence-corrected chi connectivity index (χ4v) is 2.75. The van der Waals surface area contributed by atoms with E-state index < -0.39 is 11.3 Å². The summed E-state index contributed by atoms with van der Waals surface area (Å²) in [5.74, 6) is 0.0436. The number of nitrogens with one attached hydrogen (secondary N) is 1. The molecule has 128 valence electrons. The van der Waals surface area contributed by atoms with E-state index >= 15 is 0 Å². The first kappa shape index (κ1) is 16.3. The third-order valence-electron chi connectivity index (χ3n) is 4.32. The van der Waals surface area contributed by atoms with E-state index in [1.807, 2.05) is 12.3 Å². The molecule has 2 aromatic heterocycles. The molecule has 0 bridgehead atoms. The second kappa shape index (κ2) is 6.88. The van der Waals surface area contributed by atoms with E-state index in [4.69, 9.17) is 14.9 Å². The molecule has 2 amide bonds. The summed E-state index contributed by atoms with van der Waals surface area (Å²) in [7, 11) is 0. The van der Waals surface area contributed by atoms with E-state index in [1.54, 1.807) is 23.0 Å². The Labute approximate surface area is 138 Å². The predicted octanol–water partition coefficient (Wildman–Crippen LogP) is 0.536. The maximum absolute atomic E-state index is 12.3. The Morgan fingerprint density at radius 3 is 2.79 bits per heavy atom. The second-order valence-electron chi connectivity index (χ2n) is 5.91. The molecular weight excluding hydrogens is 312 g/mol. The first-order chi connectivity index (χ1) is 11.6. The number of ether oxygens (including phenoxy) is 1. The van der Waals surface area contributed by atoms with Crippen molar-refractivity contribution in [2.45, 2.75) is 19.4 Å². The molecule has 0 spiro atoms. The highest BCUT2D eigenvalue weighted by molar-refractivity contribution is 5.92. The molecule has 1 fully saturated rings. The Morgan fingerprint density at radius 1 is 1.33 bits per heavy atom. The van der Waals surface area contributed by atoms with Gasteiger partial charge in [-0.2, -0.15) is 5.10 Å². The number of amides is 2. The predicted molar refractivity (Wildman–Crippen MR) is 84.1 cm³/mol. The number of hydrogen-bond acceptors (Lipinski definition) is 5. The normalized spacial score (nSPS) is 16.7. The van der Waals surface area contributed by atoms with E-state index in [1.165, 1.54) is 0 Å². The van der Waals surface area contributed by atoms with Crippen LogP contribution in [0, 0.1) is 5.41 Å². The van der Waals surface area contributed by atoms with Gasteiger partial charge in [0.2, 0.25) is 5.91 Å². The number of primary amides is 1. The van der Waals surface area contributed by atoms with Crippen LogP contribution in [0.3, 0.4) is 0 Å². The van der Waals surface area contributed by atoms with Gasteiger partial charge in [0.25, 0.3) is 5.91 Å². The molecule has 1 saturated heterocycles. The fourth-order valence-electron chi connectivity index (χ4n) is 2.75. The van der Waals surface area contributed by atoms with E-state index in [9.17, 15) is 9.59 Å². The zero-order valence-electron chi connectivity index (χ0n) is 13.2. The molecule has 8 heteroatoms. The molecule has 0 aliphatic carbocycles. The number of nitrogens with zero attached hydrogens (tertiary/aromatic N) is 2. The topological polar surface area (TPSA) is 112 Å². The minimum absolute atomic E-state index is 0.180. The molecule has 0 saturated carbocycles. The van der Waals surface area contributed by atoms with Crippen LogP contribution in [0.2, 0.25) is 0 Å². The molecule has 3 heterocycles. The van der Waals surface area contributed by atoms with Gasteiger partial charge in [-0.3, -0.25) is 14.3 Å². The lowest BCUT2D eigenvalue weighted by Gasteiger charge is -2.34. The highest BCUT2D eigenvalue weighted by Gasteiger charge is 2.38. The van der Waals surface area contributed by atoms with Gasteiger partial charge >= 0.3 is 0 Å². The first-order valence-corrected chi connectivity index (χ1v) is 7.81. The molecule has 24 heavy (non-hydrogen) atoms. The number of furan rings is 1. The zero-order chi connectivity index (χ0) is 17.0. The lowest BCUT2D eigenvalue weighted by molar-refractivity contribution is -0.132. The summed E-state index contributed by atoms with van der Waals surface area (Å²) in [4.78, 5) is 24.0. The Morgan fingerprint density at radius 2 is 2.12 bits per heavy atom. The van der Waals surface area contributed by atoms with Crippen LogP contribution in [0.15, 0.2) is 35.0 Å². The van der Waals surface area contributed by atoms with E-state index in [0.29, 0.717) is 38.4 Å². The molecule has 0 radical (unpaired) electrons. The standard InChI is InChI=1S/C16H20N4O4/c17-15(22)16(4-8-23-9-5-16)11-18-14(21)13-3-2-12(24-13)10-20-7-1-6-19-20/h1-3,6-7H,4-5,8-11H2,(H2,17,22)(H,18,21). The third-order valence-corrected chi connectivity index (χ3v) is 4.32. The largest absolute Gasteiger partial charge is 0.454 e. The summed E-state index contributed by atoms with van der Waals surface area (Å²) >= 11 is 0. The van der Waals surface area contributed by atoms with Crippen molar-refractivity contribution in [1.82, 2.24) is 15.1 Å². The van der Waals surface area contributed by atoms with Gasteiger partial charge in [0.1, 0.15) is 5.76 Å². The number of nitrogens with two attached hydrogens (primary N) is 1. The molecule has 1 aliphatic rings. The van der Waals surface area contributed by atoms with Crippen LogP contribution in [-0.4, -0.2) is 41.4 Å². The molecule has 1 aliphatic heterocycles. The van der Waals surface area contributed by atoms with Crippen molar-refractivity contribution in [3.63, 3.8) is 0 Å². The van der Waals surface area contributed by atoms with E-state index in [-0.39, 0.29) is 18.2 Å². The summed E-state index contributed by atoms with van der Waals surface area (Å²) in [6.45, 7) is 1.56. The third kappa shape index (κ3) is 3.48. The number of hydrogen-bond donors (Lipinski definition) is 2. The highest BCUT2D eigenvalue weighted by Crippen LogP contribution is 2.29. The van der Waals surface area contributed by atoms with Crippen LogP contribution < -0.4 is 11.1 Å². The smallest absolute Gasteiger partial charge is 0.287 e. The minimum atomic E-state index is -0.752. The summed E-state index contributed by atoms with van der Waals surface area (Å²) in [6.07, 6.45) is 4.49. The van der Waals surface area contributed by atoms with Gasteiger partial charge in [-0.1, -0.05) is 0 Å². The Bertz CT molecular complexity index is 701. The van der Waals surface area contributed by atoms with Crippen molar-refractivity contribution < 1.29 is 18.7 Å². The first-order valence-electron chi connectivity index (χ1n) is 7.81. The summed E-state index contributed by atoms with van der Waals surface area (Å²) in [5.41, 5.74) is 4.78. The highest BCUT2D eigenvalue weighted by atomic mass is 16.5. The van der Waals surface area contributed by atoms with Gasteiger partial charge in [0.15, 0.2) is 5.76 Å². The summed E-state index contributed by atoms with van der Waals surface area (Å²) in [5, 5.41) is 6.84. The number of carbonyl (C=O) groups excluding carboxylic acids is 2. The lowest BCUT2D eigenvalue weighted by Crippen LogP contribution is -2.49. The van der Waals surface area contributed by atoms with E-state index in [0.717, 1.165) is 0 Å². The van der Waals surface area contributed by atoms with Crippen molar-refractivity contribution in [2.75, 3.05) is 19.8 Å². The van der Waals surface area contributed by atoms with Gasteiger partial charge in [-0.05, 0) is 31.0 Å².